The number of hydrogen-bond donors (Lipinski definition) is 6. The number of cyclic esters (lactones) is 1. The van der Waals surface area contributed by atoms with Crippen LogP contribution in [0.3, 0.4) is 0 Å². The zero-order chi connectivity index (χ0) is 28.2. The average Bonchev–Trinajstić information content (AvgIpc) is 2.90. The molecule has 0 fully saturated rings. The topological polar surface area (TPSA) is 157 Å². The molecule has 0 aromatic heterocycles. The second-order valence-electron chi connectivity index (χ2n) is 10.6. The predicted molar refractivity (Wildman–Crippen MR) is 146 cm³/mol. The first-order chi connectivity index (χ1) is 18.3. The molecule has 0 saturated carbocycles. The zero-order valence-corrected chi connectivity index (χ0v) is 23.3. The van der Waals surface area contributed by atoms with Crippen LogP contribution >= 0.6 is 0 Å². The summed E-state index contributed by atoms with van der Waals surface area (Å²) in [6.45, 7) is 1.44. The summed E-state index contributed by atoms with van der Waals surface area (Å²) in [5, 5.41) is 53.6. The maximum Gasteiger partial charge on any atom is 0.306 e. The van der Waals surface area contributed by atoms with E-state index in [9.17, 15) is 35.1 Å². The van der Waals surface area contributed by atoms with Crippen LogP contribution in [0.1, 0.15) is 116 Å². The third kappa shape index (κ3) is 15.2. The van der Waals surface area contributed by atoms with Gasteiger partial charge < -0.3 is 35.6 Å². The van der Waals surface area contributed by atoms with Crippen molar-refractivity contribution in [3.8, 4) is 0 Å². The Balaban J connectivity index is 2.69. The molecule has 1 aliphatic heterocycles. The third-order valence-corrected chi connectivity index (χ3v) is 7.14. The Kier molecular flexibility index (Phi) is 19.4. The van der Waals surface area contributed by atoms with E-state index in [1.54, 1.807) is 6.08 Å². The molecule has 1 rings (SSSR count). The van der Waals surface area contributed by atoms with Gasteiger partial charge in [-0.2, -0.15) is 0 Å². The lowest BCUT2D eigenvalue weighted by molar-refractivity contribution is -0.157. The standard InChI is InChI=1S/C29H53NO8/c1-2-18-24-29(37)30-21-23(32)27(35)28(36)26(34)22(31)19-16-14-12-10-8-6-4-3-5-7-9-11-13-15-17-20-25(33)38-24/h14,16,22-24,26-28,31-32,34-36H,2-13,15,17-21H2,1H3,(H,30,37)/b16-14+/t22-,23+,24+,26-,27+,28+/m0/s1. The SMILES string of the molecule is CCC[C@H]1OC(=O)CCCCCCCCCCCCCC/C=C/C[C@H](O)[C@H](O)[C@@H](O)[C@H](O)[C@H](O)CNC1=O. The van der Waals surface area contributed by atoms with E-state index in [4.69, 9.17) is 4.74 Å². The highest BCUT2D eigenvalue weighted by molar-refractivity contribution is 5.83. The van der Waals surface area contributed by atoms with E-state index in [0.29, 0.717) is 19.3 Å². The maximum atomic E-state index is 12.6. The van der Waals surface area contributed by atoms with E-state index in [1.165, 1.54) is 38.5 Å². The van der Waals surface area contributed by atoms with Crippen molar-refractivity contribution in [2.24, 2.45) is 0 Å². The molecule has 0 bridgehead atoms. The Labute approximate surface area is 228 Å². The highest BCUT2D eigenvalue weighted by Gasteiger charge is 2.34. The van der Waals surface area contributed by atoms with Crippen LogP contribution < -0.4 is 5.32 Å². The number of aliphatic hydroxyl groups is 5. The first kappa shape index (κ1) is 34.5. The Bertz CT molecular complexity index is 658. The Hall–Kier alpha value is -1.52. The van der Waals surface area contributed by atoms with E-state index in [-0.39, 0.29) is 12.8 Å². The number of carbonyl (C=O) groups is 2. The van der Waals surface area contributed by atoms with Crippen molar-refractivity contribution in [3.05, 3.63) is 12.2 Å². The lowest BCUT2D eigenvalue weighted by Crippen LogP contribution is -2.52. The van der Waals surface area contributed by atoms with Gasteiger partial charge >= 0.3 is 5.97 Å². The molecule has 0 saturated heterocycles. The summed E-state index contributed by atoms with van der Waals surface area (Å²) in [5.41, 5.74) is 0. The van der Waals surface area contributed by atoms with Crippen molar-refractivity contribution in [1.82, 2.24) is 5.32 Å². The molecule has 0 aromatic carbocycles. The van der Waals surface area contributed by atoms with Crippen molar-refractivity contribution in [2.45, 2.75) is 153 Å². The lowest BCUT2D eigenvalue weighted by atomic mass is 9.97. The normalized spacial score (nSPS) is 32.8. The van der Waals surface area contributed by atoms with Crippen molar-refractivity contribution in [2.75, 3.05) is 6.54 Å². The second-order valence-corrected chi connectivity index (χ2v) is 10.6. The van der Waals surface area contributed by atoms with Gasteiger partial charge in [0.1, 0.15) is 18.3 Å². The number of ether oxygens (including phenoxy) is 1. The molecule has 6 atom stereocenters. The molecule has 0 radical (unpaired) electrons. The van der Waals surface area contributed by atoms with Gasteiger partial charge in [0.05, 0.1) is 12.2 Å². The summed E-state index contributed by atoms with van der Waals surface area (Å²) < 4.78 is 5.37. The van der Waals surface area contributed by atoms with Gasteiger partial charge in [-0.25, -0.2) is 0 Å². The van der Waals surface area contributed by atoms with Gasteiger partial charge in [-0.3, -0.25) is 9.59 Å². The van der Waals surface area contributed by atoms with Gasteiger partial charge in [0, 0.05) is 13.0 Å². The van der Waals surface area contributed by atoms with Gasteiger partial charge in [0.2, 0.25) is 0 Å². The zero-order valence-electron chi connectivity index (χ0n) is 23.3. The fourth-order valence-corrected chi connectivity index (χ4v) is 4.61. The van der Waals surface area contributed by atoms with Crippen LogP contribution in [0.25, 0.3) is 0 Å². The number of hydrogen-bond acceptors (Lipinski definition) is 8. The molecular weight excluding hydrogens is 490 g/mol. The summed E-state index contributed by atoms with van der Waals surface area (Å²) in [5.74, 6) is -1.03. The van der Waals surface area contributed by atoms with Crippen LogP contribution in [0, 0.1) is 0 Å². The van der Waals surface area contributed by atoms with Crippen LogP contribution in [-0.2, 0) is 14.3 Å². The van der Waals surface area contributed by atoms with Gasteiger partial charge in [-0.1, -0.05) is 89.7 Å². The average molecular weight is 544 g/mol. The molecule has 9 nitrogen and oxygen atoms in total. The molecule has 1 aliphatic rings. The molecule has 6 N–H and O–H groups in total. The van der Waals surface area contributed by atoms with Crippen molar-refractivity contribution >= 4 is 11.9 Å². The molecule has 9 heteroatoms. The summed E-state index contributed by atoms with van der Waals surface area (Å²) in [6, 6.07) is 0. The molecule has 38 heavy (non-hydrogen) atoms. The first-order valence-electron chi connectivity index (χ1n) is 14.8. The van der Waals surface area contributed by atoms with Crippen LogP contribution in [0.15, 0.2) is 12.2 Å². The lowest BCUT2D eigenvalue weighted by Gasteiger charge is -2.29. The molecule has 0 spiro atoms. The van der Waals surface area contributed by atoms with E-state index in [2.05, 4.69) is 5.32 Å². The molecule has 0 unspecified atom stereocenters. The van der Waals surface area contributed by atoms with Crippen molar-refractivity contribution in [1.29, 1.82) is 0 Å². The number of allylic oxidation sites excluding steroid dienone is 1. The largest absolute Gasteiger partial charge is 0.452 e. The van der Waals surface area contributed by atoms with E-state index in [0.717, 1.165) is 38.5 Å². The number of carbonyl (C=O) groups excluding carboxylic acids is 2. The minimum absolute atomic E-state index is 0.0991. The number of amides is 1. The summed E-state index contributed by atoms with van der Waals surface area (Å²) in [4.78, 5) is 24.8. The van der Waals surface area contributed by atoms with Gasteiger partial charge in [-0.05, 0) is 32.1 Å². The first-order valence-corrected chi connectivity index (χ1v) is 14.8. The van der Waals surface area contributed by atoms with Gasteiger partial charge in [-0.15, -0.1) is 0 Å². The fraction of sp³-hybridized carbons (Fsp3) is 0.862. The molecule has 1 heterocycles. The minimum Gasteiger partial charge on any atom is -0.452 e. The molecule has 222 valence electrons. The van der Waals surface area contributed by atoms with E-state index < -0.39 is 55.0 Å². The molecular formula is C29H53NO8. The van der Waals surface area contributed by atoms with Crippen LogP contribution in [0.5, 0.6) is 0 Å². The third-order valence-electron chi connectivity index (χ3n) is 7.14. The Morgan fingerprint density at radius 1 is 0.737 bits per heavy atom. The van der Waals surface area contributed by atoms with E-state index in [1.807, 2.05) is 13.0 Å². The number of rotatable bonds is 2. The van der Waals surface area contributed by atoms with Crippen molar-refractivity contribution < 1.29 is 39.9 Å². The Morgan fingerprint density at radius 2 is 1.26 bits per heavy atom. The summed E-state index contributed by atoms with van der Waals surface area (Å²) >= 11 is 0. The molecule has 0 aromatic rings. The number of nitrogens with one attached hydrogen (secondary N) is 1. The monoisotopic (exact) mass is 543 g/mol. The Morgan fingerprint density at radius 3 is 1.84 bits per heavy atom. The highest BCUT2D eigenvalue weighted by Crippen LogP contribution is 2.15. The van der Waals surface area contributed by atoms with Crippen LogP contribution in [0.2, 0.25) is 0 Å². The van der Waals surface area contributed by atoms with Crippen molar-refractivity contribution in [3.63, 3.8) is 0 Å². The summed E-state index contributed by atoms with van der Waals surface area (Å²) in [6.07, 6.45) is 10.1. The number of β-amino-alcohol motifs (C(OH)–C–C–N with tert-alkyl or cyclic N) is 1. The maximum absolute atomic E-state index is 12.6. The number of aliphatic hydroxyl groups excluding tert-OH is 5. The van der Waals surface area contributed by atoms with E-state index >= 15 is 0 Å². The van der Waals surface area contributed by atoms with Gasteiger partial charge in [0.25, 0.3) is 5.91 Å². The molecule has 1 amide bonds. The minimum atomic E-state index is -1.82. The second kappa shape index (κ2) is 21.3. The fourth-order valence-electron chi connectivity index (χ4n) is 4.61. The van der Waals surface area contributed by atoms with Crippen LogP contribution in [0.4, 0.5) is 0 Å². The summed E-state index contributed by atoms with van der Waals surface area (Å²) in [7, 11) is 0. The molecule has 0 aliphatic carbocycles. The quantitative estimate of drug-likeness (QED) is 0.229. The van der Waals surface area contributed by atoms with Crippen LogP contribution in [-0.4, -0.2) is 80.6 Å². The number of esters is 1. The highest BCUT2D eigenvalue weighted by atomic mass is 16.5. The predicted octanol–water partition coefficient (Wildman–Crippen LogP) is 3.04. The smallest absolute Gasteiger partial charge is 0.306 e. The van der Waals surface area contributed by atoms with Gasteiger partial charge in [0.15, 0.2) is 6.10 Å².